The Balaban J connectivity index is 1.87. The van der Waals surface area contributed by atoms with E-state index in [1.165, 1.54) is 12.1 Å². The fourth-order valence-corrected chi connectivity index (χ4v) is 3.72. The number of pyridine rings is 1. The van der Waals surface area contributed by atoms with Gasteiger partial charge in [0.1, 0.15) is 0 Å². The molecule has 3 aromatic carbocycles. The molecule has 0 unspecified atom stereocenters. The number of aromatic nitrogens is 1. The standard InChI is InChI=1S/C24H16BrN3O3/c25-21-4-2-1-3-20(21)23-14-18(15-5-7-17(8-6-15)24(26)29)13-22(27-23)16-9-11-19(12-10-16)28(30)31/h1-14H,(H2,26,29). The number of non-ortho nitro benzene ring substituents is 1. The average Bonchev–Trinajstić information content (AvgIpc) is 2.79. The number of primary amides is 1. The molecule has 0 saturated carbocycles. The lowest BCUT2D eigenvalue weighted by Crippen LogP contribution is -2.10. The SMILES string of the molecule is NC(=O)c1ccc(-c2cc(-c3ccc([N+](=O)[O-])cc3)nc(-c3ccccc3Br)c2)cc1. The topological polar surface area (TPSA) is 99.1 Å². The number of nitrogens with zero attached hydrogens (tertiary/aromatic N) is 2. The van der Waals surface area contributed by atoms with Crippen LogP contribution in [0.3, 0.4) is 0 Å². The summed E-state index contributed by atoms with van der Waals surface area (Å²) >= 11 is 3.58. The molecule has 4 rings (SSSR count). The highest BCUT2D eigenvalue weighted by Gasteiger charge is 2.12. The highest BCUT2D eigenvalue weighted by molar-refractivity contribution is 9.10. The van der Waals surface area contributed by atoms with E-state index >= 15 is 0 Å². The molecule has 0 aliphatic heterocycles. The van der Waals surface area contributed by atoms with E-state index < -0.39 is 10.8 Å². The highest BCUT2D eigenvalue weighted by atomic mass is 79.9. The third-order valence-electron chi connectivity index (χ3n) is 4.85. The van der Waals surface area contributed by atoms with Crippen molar-refractivity contribution in [2.24, 2.45) is 5.73 Å². The zero-order valence-electron chi connectivity index (χ0n) is 16.2. The fourth-order valence-electron chi connectivity index (χ4n) is 3.23. The average molecular weight is 474 g/mol. The Morgan fingerprint density at radius 2 is 1.45 bits per heavy atom. The first-order chi connectivity index (χ1) is 14.9. The Labute approximate surface area is 186 Å². The number of halogens is 1. The molecule has 2 N–H and O–H groups in total. The van der Waals surface area contributed by atoms with Crippen LogP contribution in [0.25, 0.3) is 33.6 Å². The first-order valence-electron chi connectivity index (χ1n) is 9.34. The molecule has 0 spiro atoms. The molecule has 31 heavy (non-hydrogen) atoms. The maximum absolute atomic E-state index is 11.4. The molecule has 6 nitrogen and oxygen atoms in total. The minimum Gasteiger partial charge on any atom is -0.366 e. The Kier molecular flexibility index (Phi) is 5.60. The first-order valence-corrected chi connectivity index (χ1v) is 10.1. The molecule has 0 bridgehead atoms. The van der Waals surface area contributed by atoms with Crippen LogP contribution in [-0.4, -0.2) is 15.8 Å². The summed E-state index contributed by atoms with van der Waals surface area (Å²) in [6, 6.07) is 25.0. The van der Waals surface area contributed by atoms with Crippen molar-refractivity contribution in [1.82, 2.24) is 4.98 Å². The van der Waals surface area contributed by atoms with Crippen molar-refractivity contribution in [2.75, 3.05) is 0 Å². The van der Waals surface area contributed by atoms with Gasteiger partial charge in [-0.15, -0.1) is 0 Å². The Bertz CT molecular complexity index is 1210. The Morgan fingerprint density at radius 1 is 0.839 bits per heavy atom. The number of hydrogen-bond donors (Lipinski definition) is 1. The van der Waals surface area contributed by atoms with E-state index in [1.54, 1.807) is 24.3 Å². The summed E-state index contributed by atoms with van der Waals surface area (Å²) < 4.78 is 0.901. The molecule has 1 aromatic heterocycles. The van der Waals surface area contributed by atoms with Crippen molar-refractivity contribution in [3.63, 3.8) is 0 Å². The number of nitro benzene ring substituents is 1. The third kappa shape index (κ3) is 4.36. The molecule has 7 heteroatoms. The summed E-state index contributed by atoms with van der Waals surface area (Å²) in [4.78, 5) is 26.8. The second-order valence-electron chi connectivity index (χ2n) is 6.85. The summed E-state index contributed by atoms with van der Waals surface area (Å²) in [5, 5.41) is 11.0. The van der Waals surface area contributed by atoms with Gasteiger partial charge >= 0.3 is 0 Å². The number of rotatable bonds is 5. The minimum absolute atomic E-state index is 0.0213. The predicted octanol–water partition coefficient (Wildman–Crippen LogP) is 5.85. The highest BCUT2D eigenvalue weighted by Crippen LogP contribution is 2.33. The number of carbonyl (C=O) groups is 1. The monoisotopic (exact) mass is 473 g/mol. The predicted molar refractivity (Wildman–Crippen MR) is 123 cm³/mol. The summed E-state index contributed by atoms with van der Waals surface area (Å²) in [7, 11) is 0. The van der Waals surface area contributed by atoms with E-state index in [1.807, 2.05) is 48.5 Å². The van der Waals surface area contributed by atoms with E-state index in [0.29, 0.717) is 11.3 Å². The molecule has 0 fully saturated rings. The maximum Gasteiger partial charge on any atom is 0.269 e. The fraction of sp³-hybridized carbons (Fsp3) is 0. The maximum atomic E-state index is 11.4. The van der Waals surface area contributed by atoms with E-state index in [4.69, 9.17) is 10.7 Å². The van der Waals surface area contributed by atoms with Gasteiger partial charge in [0.2, 0.25) is 5.91 Å². The summed E-state index contributed by atoms with van der Waals surface area (Å²) in [6.45, 7) is 0. The Hall–Kier alpha value is -3.84. The summed E-state index contributed by atoms with van der Waals surface area (Å²) in [5.74, 6) is -0.484. The van der Waals surface area contributed by atoms with Crippen molar-refractivity contribution in [3.8, 4) is 33.6 Å². The van der Waals surface area contributed by atoms with Crippen LogP contribution in [0.2, 0.25) is 0 Å². The van der Waals surface area contributed by atoms with Crippen molar-refractivity contribution < 1.29 is 9.72 Å². The first kappa shape index (κ1) is 20.4. The third-order valence-corrected chi connectivity index (χ3v) is 5.54. The van der Waals surface area contributed by atoms with Gasteiger partial charge in [0, 0.05) is 33.3 Å². The van der Waals surface area contributed by atoms with Crippen LogP contribution in [0.1, 0.15) is 10.4 Å². The lowest BCUT2D eigenvalue weighted by atomic mass is 9.99. The number of carbonyl (C=O) groups excluding carboxylic acids is 1. The molecule has 0 atom stereocenters. The van der Waals surface area contributed by atoms with Crippen molar-refractivity contribution in [2.45, 2.75) is 0 Å². The second-order valence-corrected chi connectivity index (χ2v) is 7.71. The van der Waals surface area contributed by atoms with Crippen LogP contribution in [0.15, 0.2) is 89.4 Å². The van der Waals surface area contributed by atoms with Crippen molar-refractivity contribution >= 4 is 27.5 Å². The van der Waals surface area contributed by atoms with Gasteiger partial charge < -0.3 is 5.73 Å². The number of nitrogens with two attached hydrogens (primary N) is 1. The second kappa shape index (κ2) is 8.49. The lowest BCUT2D eigenvalue weighted by molar-refractivity contribution is -0.384. The summed E-state index contributed by atoms with van der Waals surface area (Å²) in [5.41, 5.74) is 10.7. The normalized spacial score (nSPS) is 10.6. The van der Waals surface area contributed by atoms with E-state index in [-0.39, 0.29) is 5.69 Å². The molecule has 4 aromatic rings. The molecule has 152 valence electrons. The zero-order valence-corrected chi connectivity index (χ0v) is 17.7. The number of nitro groups is 1. The van der Waals surface area contributed by atoms with Gasteiger partial charge in [-0.05, 0) is 53.6 Å². The van der Waals surface area contributed by atoms with Gasteiger partial charge in [-0.1, -0.05) is 46.3 Å². The van der Waals surface area contributed by atoms with E-state index in [2.05, 4.69) is 15.9 Å². The van der Waals surface area contributed by atoms with Gasteiger partial charge in [-0.2, -0.15) is 0 Å². The van der Waals surface area contributed by atoms with Gasteiger partial charge in [0.05, 0.1) is 16.3 Å². The Morgan fingerprint density at radius 3 is 2.06 bits per heavy atom. The van der Waals surface area contributed by atoms with E-state index in [9.17, 15) is 14.9 Å². The van der Waals surface area contributed by atoms with Gasteiger partial charge in [-0.25, -0.2) is 4.98 Å². The van der Waals surface area contributed by atoms with Crippen LogP contribution < -0.4 is 5.73 Å². The van der Waals surface area contributed by atoms with Gasteiger partial charge in [0.25, 0.3) is 5.69 Å². The minimum atomic E-state index is -0.484. The van der Waals surface area contributed by atoms with Crippen LogP contribution >= 0.6 is 15.9 Å². The van der Waals surface area contributed by atoms with Crippen LogP contribution in [0, 0.1) is 10.1 Å². The molecular weight excluding hydrogens is 458 g/mol. The molecule has 0 aliphatic carbocycles. The smallest absolute Gasteiger partial charge is 0.269 e. The quantitative estimate of drug-likeness (QED) is 0.290. The largest absolute Gasteiger partial charge is 0.366 e. The summed E-state index contributed by atoms with van der Waals surface area (Å²) in [6.07, 6.45) is 0. The number of benzene rings is 3. The van der Waals surface area contributed by atoms with Gasteiger partial charge in [-0.3, -0.25) is 14.9 Å². The molecular formula is C24H16BrN3O3. The van der Waals surface area contributed by atoms with Gasteiger partial charge in [0.15, 0.2) is 0 Å². The molecule has 1 heterocycles. The lowest BCUT2D eigenvalue weighted by Gasteiger charge is -2.11. The number of hydrogen-bond acceptors (Lipinski definition) is 4. The van der Waals surface area contributed by atoms with Crippen LogP contribution in [0.5, 0.6) is 0 Å². The van der Waals surface area contributed by atoms with Crippen molar-refractivity contribution in [3.05, 3.63) is 105 Å². The van der Waals surface area contributed by atoms with Crippen LogP contribution in [0.4, 0.5) is 5.69 Å². The van der Waals surface area contributed by atoms with E-state index in [0.717, 1.165) is 32.4 Å². The van der Waals surface area contributed by atoms with Crippen LogP contribution in [-0.2, 0) is 0 Å². The van der Waals surface area contributed by atoms with Crippen molar-refractivity contribution in [1.29, 1.82) is 0 Å². The molecule has 0 aliphatic rings. The molecule has 0 radical (unpaired) electrons. The zero-order chi connectivity index (χ0) is 22.0. The molecule has 1 amide bonds. The molecule has 0 saturated heterocycles. The number of amides is 1.